The van der Waals surface area contributed by atoms with E-state index in [-0.39, 0.29) is 11.7 Å². The highest BCUT2D eigenvalue weighted by atomic mass is 32.2. The van der Waals surface area contributed by atoms with E-state index in [1.54, 1.807) is 60.0 Å². The molecule has 1 amide bonds. The van der Waals surface area contributed by atoms with Crippen LogP contribution in [0, 0.1) is 0 Å². The van der Waals surface area contributed by atoms with Gasteiger partial charge in [-0.25, -0.2) is 9.79 Å². The Kier molecular flexibility index (Phi) is 6.27. The van der Waals surface area contributed by atoms with Crippen LogP contribution < -0.4 is 9.80 Å². The van der Waals surface area contributed by atoms with Crippen molar-refractivity contribution in [2.75, 3.05) is 23.5 Å². The normalized spacial score (nSPS) is 18.3. The van der Waals surface area contributed by atoms with E-state index in [1.807, 2.05) is 36.2 Å². The number of amidine groups is 1. The van der Waals surface area contributed by atoms with Crippen LogP contribution in [0.2, 0.25) is 0 Å². The zero-order chi connectivity index (χ0) is 24.5. The maximum absolute atomic E-state index is 13.7. The molecule has 1 N–H and O–H groups in total. The van der Waals surface area contributed by atoms with E-state index in [1.165, 1.54) is 23.9 Å². The molecule has 0 atom stereocenters. The number of carbonyl (C=O) groups excluding carboxylic acids is 2. The van der Waals surface area contributed by atoms with Gasteiger partial charge in [0.05, 0.1) is 34.3 Å². The Morgan fingerprint density at radius 3 is 2.40 bits per heavy atom. The monoisotopic (exact) mass is 503 g/mol. The number of rotatable bonds is 4. The van der Waals surface area contributed by atoms with Crippen molar-refractivity contribution in [3.8, 4) is 5.75 Å². The Hall–Kier alpha value is -3.69. The molecular weight excluding hydrogens is 482 g/mol. The van der Waals surface area contributed by atoms with Gasteiger partial charge in [-0.05, 0) is 79.3 Å². The van der Waals surface area contributed by atoms with Crippen LogP contribution >= 0.6 is 23.5 Å². The van der Waals surface area contributed by atoms with Crippen molar-refractivity contribution in [2.24, 2.45) is 4.99 Å². The summed E-state index contributed by atoms with van der Waals surface area (Å²) in [5, 5.41) is 11.1. The number of ether oxygens (including phenoxy) is 1. The van der Waals surface area contributed by atoms with Gasteiger partial charge in [-0.1, -0.05) is 23.9 Å². The highest BCUT2D eigenvalue weighted by Gasteiger charge is 2.40. The first-order valence-electron chi connectivity index (χ1n) is 10.9. The van der Waals surface area contributed by atoms with Crippen molar-refractivity contribution in [1.82, 2.24) is 0 Å². The molecule has 35 heavy (non-hydrogen) atoms. The fraction of sp³-hybridized carbons (Fsp3) is 0.115. The van der Waals surface area contributed by atoms with E-state index in [9.17, 15) is 14.7 Å². The number of anilines is 2. The molecule has 0 spiro atoms. The predicted octanol–water partition coefficient (Wildman–Crippen LogP) is 5.75. The summed E-state index contributed by atoms with van der Waals surface area (Å²) in [6.45, 7) is 2.06. The minimum atomic E-state index is -0.393. The van der Waals surface area contributed by atoms with Crippen LogP contribution in [0.1, 0.15) is 17.3 Å². The highest BCUT2D eigenvalue weighted by Crippen LogP contribution is 2.50. The number of phenols is 1. The van der Waals surface area contributed by atoms with E-state index in [4.69, 9.17) is 9.73 Å². The van der Waals surface area contributed by atoms with E-state index in [2.05, 4.69) is 0 Å². The van der Waals surface area contributed by atoms with Crippen LogP contribution in [0.4, 0.5) is 17.1 Å². The third-order valence-electron chi connectivity index (χ3n) is 5.43. The number of hydrogen-bond donors (Lipinski definition) is 1. The molecule has 2 aliphatic heterocycles. The molecule has 0 saturated carbocycles. The first kappa shape index (κ1) is 23.1. The maximum atomic E-state index is 13.7. The van der Waals surface area contributed by atoms with Crippen molar-refractivity contribution in [2.45, 2.75) is 11.8 Å². The van der Waals surface area contributed by atoms with E-state index >= 15 is 0 Å². The van der Waals surface area contributed by atoms with Gasteiger partial charge >= 0.3 is 5.97 Å². The second kappa shape index (κ2) is 9.52. The lowest BCUT2D eigenvalue weighted by molar-refractivity contribution is -0.113. The number of esters is 1. The molecule has 176 valence electrons. The van der Waals surface area contributed by atoms with Gasteiger partial charge in [0.25, 0.3) is 5.91 Å². The minimum Gasteiger partial charge on any atom is -0.508 e. The van der Waals surface area contributed by atoms with Gasteiger partial charge in [-0.2, -0.15) is 0 Å². The maximum Gasteiger partial charge on any atom is 0.338 e. The summed E-state index contributed by atoms with van der Waals surface area (Å²) in [5.74, 6) is -0.471. The molecule has 0 radical (unpaired) electrons. The number of phenolic OH excluding ortho intramolecular Hbond substituents is 1. The van der Waals surface area contributed by atoms with Crippen molar-refractivity contribution < 1.29 is 19.4 Å². The van der Waals surface area contributed by atoms with Gasteiger partial charge in [-0.3, -0.25) is 9.69 Å². The third kappa shape index (κ3) is 4.40. The first-order chi connectivity index (χ1) is 17.0. The smallest absolute Gasteiger partial charge is 0.338 e. The third-order valence-corrected chi connectivity index (χ3v) is 7.82. The number of aliphatic imine (C=N–C) groups is 1. The van der Waals surface area contributed by atoms with E-state index in [0.717, 1.165) is 15.6 Å². The minimum absolute atomic E-state index is 0.112. The average Bonchev–Trinajstić information content (AvgIpc) is 3.36. The molecule has 1 fully saturated rings. The summed E-state index contributed by atoms with van der Waals surface area (Å²) in [7, 11) is 1.95. The van der Waals surface area contributed by atoms with Gasteiger partial charge < -0.3 is 14.7 Å². The number of hydrogen-bond acceptors (Lipinski definition) is 8. The number of benzene rings is 3. The second-order valence-corrected chi connectivity index (χ2v) is 9.69. The number of nitrogens with zero attached hydrogens (tertiary/aromatic N) is 3. The summed E-state index contributed by atoms with van der Waals surface area (Å²) in [6, 6.07) is 21.2. The van der Waals surface area contributed by atoms with E-state index in [0.29, 0.717) is 33.6 Å². The molecule has 0 aliphatic carbocycles. The summed E-state index contributed by atoms with van der Waals surface area (Å²) in [5.41, 5.74) is 2.68. The first-order valence-corrected chi connectivity index (χ1v) is 12.5. The SMILES string of the molecule is CCOC(=O)c1ccc(N=C2S/C(=C3\Sc4ccccc4N3C)C(=O)N2c2ccc(O)cc2)cc1. The van der Waals surface area contributed by atoms with Gasteiger partial charge in [-0.15, -0.1) is 0 Å². The summed E-state index contributed by atoms with van der Waals surface area (Å²) in [6.07, 6.45) is 0. The molecule has 0 bridgehead atoms. The molecule has 3 aromatic rings. The topological polar surface area (TPSA) is 82.4 Å². The Morgan fingerprint density at radius 1 is 1.00 bits per heavy atom. The van der Waals surface area contributed by atoms with Gasteiger partial charge in [0.1, 0.15) is 10.7 Å². The van der Waals surface area contributed by atoms with E-state index < -0.39 is 5.97 Å². The van der Waals surface area contributed by atoms with Crippen LogP contribution in [-0.4, -0.2) is 35.8 Å². The molecule has 0 unspecified atom stereocenters. The van der Waals surface area contributed by atoms with Crippen LogP contribution in [-0.2, 0) is 9.53 Å². The van der Waals surface area contributed by atoms with Gasteiger partial charge in [0.2, 0.25) is 0 Å². The van der Waals surface area contributed by atoms with Gasteiger partial charge in [0, 0.05) is 11.9 Å². The van der Waals surface area contributed by atoms with Crippen molar-refractivity contribution in [1.29, 1.82) is 0 Å². The van der Waals surface area contributed by atoms with Crippen molar-refractivity contribution in [3.63, 3.8) is 0 Å². The Bertz CT molecular complexity index is 1370. The Labute approximate surface area is 211 Å². The predicted molar refractivity (Wildman–Crippen MR) is 140 cm³/mol. The Balaban J connectivity index is 1.54. The van der Waals surface area contributed by atoms with Crippen LogP contribution in [0.3, 0.4) is 0 Å². The molecule has 0 aromatic heterocycles. The quantitative estimate of drug-likeness (QED) is 0.359. The summed E-state index contributed by atoms with van der Waals surface area (Å²) in [4.78, 5) is 35.6. The lowest BCUT2D eigenvalue weighted by Crippen LogP contribution is -2.29. The molecule has 1 saturated heterocycles. The van der Waals surface area contributed by atoms with Crippen LogP contribution in [0.5, 0.6) is 5.75 Å². The summed E-state index contributed by atoms with van der Waals surface area (Å²) < 4.78 is 5.04. The van der Waals surface area contributed by atoms with Crippen molar-refractivity contribution >= 4 is 57.6 Å². The molecule has 3 aromatic carbocycles. The van der Waals surface area contributed by atoms with Crippen LogP contribution in [0.25, 0.3) is 0 Å². The molecule has 2 aliphatic rings. The fourth-order valence-corrected chi connectivity index (χ4v) is 6.05. The molecule has 5 rings (SSSR count). The molecule has 2 heterocycles. The number of amides is 1. The molecular formula is C26H21N3O4S2. The van der Waals surface area contributed by atoms with Crippen molar-refractivity contribution in [3.05, 3.63) is 88.3 Å². The standard InChI is InChI=1S/C26H21N3O4S2/c1-3-33-25(32)16-8-10-17(11-9-16)27-26-29(18-12-14-19(30)15-13-18)23(31)22(35-26)24-28(2)20-6-4-5-7-21(20)34-24/h4-15,30H,3H2,1-2H3/b24-22-,27-26?. The summed E-state index contributed by atoms with van der Waals surface area (Å²) >= 11 is 2.85. The average molecular weight is 504 g/mol. The highest BCUT2D eigenvalue weighted by molar-refractivity contribution is 8.20. The second-order valence-electron chi connectivity index (χ2n) is 7.68. The largest absolute Gasteiger partial charge is 0.508 e. The molecule has 9 heteroatoms. The number of fused-ring (bicyclic) bond motifs is 1. The fourth-order valence-electron chi connectivity index (χ4n) is 3.70. The number of thioether (sulfide) groups is 2. The number of para-hydroxylation sites is 1. The number of carbonyl (C=O) groups is 2. The lowest BCUT2D eigenvalue weighted by atomic mass is 10.2. The van der Waals surface area contributed by atoms with Crippen LogP contribution in [0.15, 0.2) is 92.6 Å². The zero-order valence-corrected chi connectivity index (χ0v) is 20.6. The zero-order valence-electron chi connectivity index (χ0n) is 19.0. The number of aromatic hydroxyl groups is 1. The Morgan fingerprint density at radius 2 is 1.71 bits per heavy atom. The molecule has 7 nitrogen and oxygen atoms in total. The van der Waals surface area contributed by atoms with Gasteiger partial charge in [0.15, 0.2) is 5.17 Å². The lowest BCUT2D eigenvalue weighted by Gasteiger charge is -2.17.